The van der Waals surface area contributed by atoms with Crippen LogP contribution in [0.1, 0.15) is 37.4 Å². The molecular weight excluding hydrogens is 284 g/mol. The fraction of sp³-hybridized carbons (Fsp3) is 0.353. The van der Waals surface area contributed by atoms with Crippen LogP contribution < -0.4 is 10.1 Å². The zero-order valence-electron chi connectivity index (χ0n) is 12.5. The van der Waals surface area contributed by atoms with Gasteiger partial charge in [0.25, 0.3) is 0 Å². The predicted octanol–water partition coefficient (Wildman–Crippen LogP) is 4.37. The standard InChI is InChI=1S/C17H21ClN2O/c1-3-9-19-13(2)16-8-5-10-20-17(16)21-12-14-6-4-7-15(18)11-14/h4-8,10-11,13,19H,3,9,12H2,1-2H3. The van der Waals surface area contributed by atoms with E-state index >= 15 is 0 Å². The third-order valence-electron chi connectivity index (χ3n) is 3.23. The van der Waals surface area contributed by atoms with Crippen molar-refractivity contribution < 1.29 is 4.74 Å². The van der Waals surface area contributed by atoms with Gasteiger partial charge in [-0.2, -0.15) is 0 Å². The number of hydrogen-bond donors (Lipinski definition) is 1. The summed E-state index contributed by atoms with van der Waals surface area (Å²) in [6.07, 6.45) is 2.85. The molecule has 1 heterocycles. The fourth-order valence-electron chi connectivity index (χ4n) is 2.10. The van der Waals surface area contributed by atoms with Crippen molar-refractivity contribution in [2.24, 2.45) is 0 Å². The second-order valence-corrected chi connectivity index (χ2v) is 5.43. The smallest absolute Gasteiger partial charge is 0.218 e. The Morgan fingerprint density at radius 1 is 1.29 bits per heavy atom. The average Bonchev–Trinajstić information content (AvgIpc) is 2.51. The monoisotopic (exact) mass is 304 g/mol. The third kappa shape index (κ3) is 4.73. The van der Waals surface area contributed by atoms with Crippen LogP contribution in [0.15, 0.2) is 42.6 Å². The van der Waals surface area contributed by atoms with Crippen molar-refractivity contribution in [3.05, 3.63) is 58.7 Å². The highest BCUT2D eigenvalue weighted by Crippen LogP contribution is 2.23. The van der Waals surface area contributed by atoms with Gasteiger partial charge in [-0.05, 0) is 43.7 Å². The number of nitrogens with one attached hydrogen (secondary N) is 1. The Kier molecular flexibility index (Phi) is 6.03. The Hall–Kier alpha value is -1.58. The summed E-state index contributed by atoms with van der Waals surface area (Å²) in [5.74, 6) is 0.675. The van der Waals surface area contributed by atoms with Gasteiger partial charge in [0.15, 0.2) is 0 Å². The van der Waals surface area contributed by atoms with Crippen molar-refractivity contribution in [3.63, 3.8) is 0 Å². The second-order valence-electron chi connectivity index (χ2n) is 4.99. The van der Waals surface area contributed by atoms with Crippen LogP contribution >= 0.6 is 11.6 Å². The average molecular weight is 305 g/mol. The molecule has 0 spiro atoms. The summed E-state index contributed by atoms with van der Waals surface area (Å²) in [5, 5.41) is 4.17. The van der Waals surface area contributed by atoms with Crippen LogP contribution in [-0.4, -0.2) is 11.5 Å². The lowest BCUT2D eigenvalue weighted by molar-refractivity contribution is 0.287. The number of halogens is 1. The lowest BCUT2D eigenvalue weighted by atomic mass is 10.1. The van der Waals surface area contributed by atoms with Gasteiger partial charge in [0.05, 0.1) is 0 Å². The maximum absolute atomic E-state index is 5.98. The molecule has 0 saturated heterocycles. The maximum Gasteiger partial charge on any atom is 0.218 e. The molecule has 1 aromatic carbocycles. The van der Waals surface area contributed by atoms with Gasteiger partial charge in [0.1, 0.15) is 6.61 Å². The Balaban J connectivity index is 2.06. The first-order chi connectivity index (χ1) is 10.2. The number of aromatic nitrogens is 1. The molecule has 1 aromatic heterocycles. The molecule has 21 heavy (non-hydrogen) atoms. The molecule has 0 aliphatic rings. The molecule has 0 fully saturated rings. The molecule has 112 valence electrons. The van der Waals surface area contributed by atoms with E-state index < -0.39 is 0 Å². The Labute approximate surface area is 131 Å². The number of benzene rings is 1. The number of nitrogens with zero attached hydrogens (tertiary/aromatic N) is 1. The topological polar surface area (TPSA) is 34.2 Å². The maximum atomic E-state index is 5.98. The number of rotatable bonds is 7. The van der Waals surface area contributed by atoms with Crippen LogP contribution in [0.3, 0.4) is 0 Å². The lowest BCUT2D eigenvalue weighted by Gasteiger charge is -2.17. The van der Waals surface area contributed by atoms with Gasteiger partial charge in [-0.3, -0.25) is 0 Å². The van der Waals surface area contributed by atoms with E-state index in [1.165, 1.54) is 0 Å². The fourth-order valence-corrected chi connectivity index (χ4v) is 2.32. The molecule has 4 heteroatoms. The molecule has 0 aliphatic heterocycles. The molecule has 1 atom stereocenters. The van der Waals surface area contributed by atoms with Crippen LogP contribution in [0.5, 0.6) is 5.88 Å². The number of ether oxygens (including phenoxy) is 1. The largest absolute Gasteiger partial charge is 0.473 e. The van der Waals surface area contributed by atoms with Crippen molar-refractivity contribution in [1.82, 2.24) is 10.3 Å². The van der Waals surface area contributed by atoms with Gasteiger partial charge in [-0.1, -0.05) is 36.7 Å². The summed E-state index contributed by atoms with van der Waals surface area (Å²) in [4.78, 5) is 4.35. The van der Waals surface area contributed by atoms with E-state index in [0.717, 1.165) is 29.1 Å². The highest BCUT2D eigenvalue weighted by molar-refractivity contribution is 6.30. The van der Waals surface area contributed by atoms with E-state index in [4.69, 9.17) is 16.3 Å². The van der Waals surface area contributed by atoms with Gasteiger partial charge in [-0.15, -0.1) is 0 Å². The quantitative estimate of drug-likeness (QED) is 0.824. The Bertz CT molecular complexity index is 574. The number of pyridine rings is 1. The van der Waals surface area contributed by atoms with Gasteiger partial charge >= 0.3 is 0 Å². The highest BCUT2D eigenvalue weighted by atomic mass is 35.5. The molecule has 0 aliphatic carbocycles. The van der Waals surface area contributed by atoms with Crippen LogP contribution in [0.2, 0.25) is 5.02 Å². The lowest BCUT2D eigenvalue weighted by Crippen LogP contribution is -2.20. The van der Waals surface area contributed by atoms with Crippen molar-refractivity contribution in [2.75, 3.05) is 6.54 Å². The van der Waals surface area contributed by atoms with Crippen LogP contribution in [0, 0.1) is 0 Å². The van der Waals surface area contributed by atoms with Crippen molar-refractivity contribution in [1.29, 1.82) is 0 Å². The van der Waals surface area contributed by atoms with Gasteiger partial charge in [0.2, 0.25) is 5.88 Å². The highest BCUT2D eigenvalue weighted by Gasteiger charge is 2.12. The summed E-state index contributed by atoms with van der Waals surface area (Å²) in [6, 6.07) is 11.9. The van der Waals surface area contributed by atoms with Crippen LogP contribution in [-0.2, 0) is 6.61 Å². The summed E-state index contributed by atoms with van der Waals surface area (Å²) >= 11 is 5.98. The molecule has 2 rings (SSSR count). The molecule has 1 unspecified atom stereocenters. The molecule has 0 radical (unpaired) electrons. The van der Waals surface area contributed by atoms with Crippen molar-refractivity contribution in [2.45, 2.75) is 32.9 Å². The minimum absolute atomic E-state index is 0.216. The van der Waals surface area contributed by atoms with Crippen LogP contribution in [0.4, 0.5) is 0 Å². The van der Waals surface area contributed by atoms with Crippen LogP contribution in [0.25, 0.3) is 0 Å². The van der Waals surface area contributed by atoms with E-state index in [1.54, 1.807) is 6.20 Å². The molecule has 0 bridgehead atoms. The van der Waals surface area contributed by atoms with E-state index in [9.17, 15) is 0 Å². The summed E-state index contributed by atoms with van der Waals surface area (Å²) in [7, 11) is 0. The van der Waals surface area contributed by atoms with Crippen molar-refractivity contribution >= 4 is 11.6 Å². The minimum atomic E-state index is 0.216. The molecule has 3 nitrogen and oxygen atoms in total. The van der Waals surface area contributed by atoms with Gasteiger partial charge in [-0.25, -0.2) is 4.98 Å². The van der Waals surface area contributed by atoms with Gasteiger partial charge < -0.3 is 10.1 Å². The normalized spacial score (nSPS) is 12.1. The summed E-state index contributed by atoms with van der Waals surface area (Å²) < 4.78 is 5.87. The summed E-state index contributed by atoms with van der Waals surface area (Å²) in [5.41, 5.74) is 2.11. The molecule has 0 saturated carbocycles. The Morgan fingerprint density at radius 2 is 2.14 bits per heavy atom. The van der Waals surface area contributed by atoms with Gasteiger partial charge in [0, 0.05) is 22.8 Å². The molecular formula is C17H21ClN2O. The van der Waals surface area contributed by atoms with E-state index in [-0.39, 0.29) is 6.04 Å². The van der Waals surface area contributed by atoms with E-state index in [2.05, 4.69) is 24.1 Å². The first kappa shape index (κ1) is 15.8. The first-order valence-corrected chi connectivity index (χ1v) is 7.64. The molecule has 1 N–H and O–H groups in total. The SMILES string of the molecule is CCCNC(C)c1cccnc1OCc1cccc(Cl)c1. The molecule has 0 amide bonds. The minimum Gasteiger partial charge on any atom is -0.473 e. The zero-order chi connectivity index (χ0) is 15.1. The summed E-state index contributed by atoms with van der Waals surface area (Å²) in [6.45, 7) is 5.72. The van der Waals surface area contributed by atoms with E-state index in [0.29, 0.717) is 12.5 Å². The van der Waals surface area contributed by atoms with E-state index in [1.807, 2.05) is 36.4 Å². The number of hydrogen-bond acceptors (Lipinski definition) is 3. The van der Waals surface area contributed by atoms with Crippen molar-refractivity contribution in [3.8, 4) is 5.88 Å². The Morgan fingerprint density at radius 3 is 2.90 bits per heavy atom. The molecule has 2 aromatic rings. The first-order valence-electron chi connectivity index (χ1n) is 7.26. The zero-order valence-corrected chi connectivity index (χ0v) is 13.2. The predicted molar refractivity (Wildman–Crippen MR) is 86.7 cm³/mol. The second kappa shape index (κ2) is 8.01. The third-order valence-corrected chi connectivity index (χ3v) is 3.47.